The Kier molecular flexibility index (Phi) is 5.34. The van der Waals surface area contributed by atoms with E-state index >= 15 is 0 Å². The first-order valence-electron chi connectivity index (χ1n) is 8.93. The first kappa shape index (κ1) is 18.8. The van der Waals surface area contributed by atoms with Crippen LogP contribution in [0.5, 0.6) is 0 Å². The second kappa shape index (κ2) is 7.69. The van der Waals surface area contributed by atoms with Crippen LogP contribution in [-0.4, -0.2) is 57.8 Å². The first-order chi connectivity index (χ1) is 12.8. The van der Waals surface area contributed by atoms with Crippen LogP contribution < -0.4 is 10.2 Å². The number of amides is 2. The van der Waals surface area contributed by atoms with Gasteiger partial charge in [0.05, 0.1) is 12.4 Å². The maximum Gasteiger partial charge on any atom is 0.277 e. The Morgan fingerprint density at radius 3 is 2.44 bits per heavy atom. The van der Waals surface area contributed by atoms with Gasteiger partial charge >= 0.3 is 0 Å². The molecule has 3 heterocycles. The number of nitrogens with zero attached hydrogens (tertiary/aromatic N) is 5. The van der Waals surface area contributed by atoms with E-state index in [0.29, 0.717) is 37.8 Å². The second-order valence-electron chi connectivity index (χ2n) is 7.46. The number of aromatic nitrogens is 3. The van der Waals surface area contributed by atoms with Gasteiger partial charge in [-0.3, -0.25) is 14.6 Å². The van der Waals surface area contributed by atoms with E-state index in [-0.39, 0.29) is 22.9 Å². The summed E-state index contributed by atoms with van der Waals surface area (Å²) in [5.41, 5.74) is -0.155. The minimum Gasteiger partial charge on any atom is -0.352 e. The second-order valence-corrected chi connectivity index (χ2v) is 7.46. The van der Waals surface area contributed by atoms with Crippen molar-refractivity contribution in [3.63, 3.8) is 0 Å². The van der Waals surface area contributed by atoms with Gasteiger partial charge < -0.3 is 15.1 Å². The summed E-state index contributed by atoms with van der Waals surface area (Å²) in [6.07, 6.45) is 4.68. The lowest BCUT2D eigenvalue weighted by atomic mass is 9.94. The Bertz CT molecular complexity index is 810. The Hall–Kier alpha value is -3.03. The fourth-order valence-corrected chi connectivity index (χ4v) is 2.85. The number of carbonyl (C=O) groups excluding carboxylic acids is 2. The molecule has 1 fully saturated rings. The summed E-state index contributed by atoms with van der Waals surface area (Å²) in [6, 6.07) is 5.28. The van der Waals surface area contributed by atoms with Gasteiger partial charge in [-0.1, -0.05) is 26.8 Å². The van der Waals surface area contributed by atoms with Gasteiger partial charge in [0.15, 0.2) is 0 Å². The van der Waals surface area contributed by atoms with Crippen molar-refractivity contribution in [2.45, 2.75) is 20.8 Å². The molecule has 2 amide bonds. The van der Waals surface area contributed by atoms with Gasteiger partial charge in [-0.25, -0.2) is 9.97 Å². The fraction of sp³-hybridized carbons (Fsp3) is 0.421. The van der Waals surface area contributed by atoms with Crippen molar-refractivity contribution < 1.29 is 9.59 Å². The lowest BCUT2D eigenvalue weighted by Crippen LogP contribution is -2.52. The molecule has 8 heteroatoms. The molecule has 1 N–H and O–H groups in total. The van der Waals surface area contributed by atoms with E-state index in [1.807, 2.05) is 30.6 Å². The Labute approximate surface area is 158 Å². The van der Waals surface area contributed by atoms with Gasteiger partial charge in [-0.05, 0) is 12.1 Å². The van der Waals surface area contributed by atoms with Crippen molar-refractivity contribution in [1.29, 1.82) is 0 Å². The molecular formula is C19H24N6O2. The minimum atomic E-state index is -0.383. The van der Waals surface area contributed by atoms with Gasteiger partial charge in [0.2, 0.25) is 5.91 Å². The minimum absolute atomic E-state index is 0.150. The van der Waals surface area contributed by atoms with E-state index in [0.717, 1.165) is 0 Å². The summed E-state index contributed by atoms with van der Waals surface area (Å²) in [7, 11) is 0. The molecule has 0 spiro atoms. The summed E-state index contributed by atoms with van der Waals surface area (Å²) in [5, 5.41) is 2.70. The summed E-state index contributed by atoms with van der Waals surface area (Å²) >= 11 is 0. The third kappa shape index (κ3) is 4.58. The van der Waals surface area contributed by atoms with E-state index in [9.17, 15) is 9.59 Å². The molecule has 3 rings (SSSR count). The van der Waals surface area contributed by atoms with Gasteiger partial charge in [0.25, 0.3) is 5.91 Å². The molecule has 2 aromatic heterocycles. The summed E-state index contributed by atoms with van der Waals surface area (Å²) < 4.78 is 0. The highest BCUT2D eigenvalue weighted by molar-refractivity contribution is 6.02. The number of hydrogen-bond donors (Lipinski definition) is 1. The first-order valence-corrected chi connectivity index (χ1v) is 8.93. The molecular weight excluding hydrogens is 344 g/mol. The van der Waals surface area contributed by atoms with Crippen molar-refractivity contribution in [3.05, 3.63) is 42.5 Å². The number of nitrogens with one attached hydrogen (secondary N) is 1. The molecule has 0 aliphatic carbocycles. The summed E-state index contributed by atoms with van der Waals surface area (Å²) in [4.78, 5) is 41.3. The largest absolute Gasteiger partial charge is 0.352 e. The zero-order valence-corrected chi connectivity index (χ0v) is 15.8. The monoisotopic (exact) mass is 368 g/mol. The fourth-order valence-electron chi connectivity index (χ4n) is 2.85. The molecule has 0 atom stereocenters. The van der Waals surface area contributed by atoms with E-state index in [1.54, 1.807) is 30.6 Å². The third-order valence-electron chi connectivity index (χ3n) is 4.29. The molecule has 1 aliphatic rings. The predicted molar refractivity (Wildman–Crippen MR) is 102 cm³/mol. The summed E-state index contributed by atoms with van der Waals surface area (Å²) in [6.45, 7) is 8.35. The van der Waals surface area contributed by atoms with Crippen LogP contribution in [0.3, 0.4) is 0 Å². The normalized spacial score (nSPS) is 14.8. The van der Waals surface area contributed by atoms with Crippen LogP contribution in [0, 0.1) is 5.41 Å². The van der Waals surface area contributed by atoms with Crippen LogP contribution in [0.2, 0.25) is 0 Å². The van der Waals surface area contributed by atoms with E-state index in [1.165, 1.54) is 6.20 Å². The average molecular weight is 368 g/mol. The van der Waals surface area contributed by atoms with Gasteiger partial charge in [0.1, 0.15) is 17.3 Å². The number of pyridine rings is 1. The molecule has 8 nitrogen and oxygen atoms in total. The lowest BCUT2D eigenvalue weighted by Gasteiger charge is -2.38. The molecule has 0 aromatic carbocycles. The smallest absolute Gasteiger partial charge is 0.277 e. The topological polar surface area (TPSA) is 91.3 Å². The van der Waals surface area contributed by atoms with Crippen LogP contribution in [0.25, 0.3) is 0 Å². The molecule has 1 saturated heterocycles. The SMILES string of the molecule is CC(C)(C)C(=O)N1CCN(c2cncc(C(=O)Nc3ccccn3)n2)CC1. The standard InChI is InChI=1S/C19H24N6O2/c1-19(2,3)18(27)25-10-8-24(9-11-25)16-13-20-12-14(22-16)17(26)23-15-6-4-5-7-21-15/h4-7,12-13H,8-11H2,1-3H3,(H,21,23,26). The molecule has 27 heavy (non-hydrogen) atoms. The highest BCUT2D eigenvalue weighted by Gasteiger charge is 2.30. The number of hydrogen-bond acceptors (Lipinski definition) is 6. The van der Waals surface area contributed by atoms with Crippen molar-refractivity contribution in [2.24, 2.45) is 5.41 Å². The number of carbonyl (C=O) groups is 2. The highest BCUT2D eigenvalue weighted by Crippen LogP contribution is 2.20. The number of rotatable bonds is 3. The number of piperazine rings is 1. The van der Waals surface area contributed by atoms with Gasteiger partial charge in [-0.15, -0.1) is 0 Å². The molecule has 1 aliphatic heterocycles. The quantitative estimate of drug-likeness (QED) is 0.889. The summed E-state index contributed by atoms with van der Waals surface area (Å²) in [5.74, 6) is 0.886. The molecule has 0 radical (unpaired) electrons. The Morgan fingerprint density at radius 2 is 1.81 bits per heavy atom. The van der Waals surface area contributed by atoms with Crippen LogP contribution in [0.15, 0.2) is 36.8 Å². The maximum atomic E-state index is 12.4. The maximum absolute atomic E-state index is 12.4. The molecule has 0 saturated carbocycles. The van der Waals surface area contributed by atoms with Crippen LogP contribution >= 0.6 is 0 Å². The van der Waals surface area contributed by atoms with Crippen molar-refractivity contribution in [2.75, 3.05) is 36.4 Å². The van der Waals surface area contributed by atoms with Gasteiger partial charge in [0, 0.05) is 37.8 Å². The molecule has 0 unspecified atom stereocenters. The zero-order chi connectivity index (χ0) is 19.4. The Balaban J connectivity index is 1.64. The molecule has 2 aromatic rings. The van der Waals surface area contributed by atoms with Crippen molar-refractivity contribution in [1.82, 2.24) is 19.9 Å². The highest BCUT2D eigenvalue weighted by atomic mass is 16.2. The van der Waals surface area contributed by atoms with Crippen LogP contribution in [-0.2, 0) is 4.79 Å². The van der Waals surface area contributed by atoms with E-state index in [2.05, 4.69) is 20.3 Å². The lowest BCUT2D eigenvalue weighted by molar-refractivity contribution is -0.139. The third-order valence-corrected chi connectivity index (χ3v) is 4.29. The van der Waals surface area contributed by atoms with E-state index in [4.69, 9.17) is 0 Å². The van der Waals surface area contributed by atoms with Crippen molar-refractivity contribution >= 4 is 23.5 Å². The van der Waals surface area contributed by atoms with Crippen molar-refractivity contribution in [3.8, 4) is 0 Å². The Morgan fingerprint density at radius 1 is 1.07 bits per heavy atom. The van der Waals surface area contributed by atoms with Crippen LogP contribution in [0.4, 0.5) is 11.6 Å². The average Bonchev–Trinajstić information content (AvgIpc) is 2.68. The molecule has 0 bridgehead atoms. The predicted octanol–water partition coefficient (Wildman–Crippen LogP) is 1.82. The van der Waals surface area contributed by atoms with Gasteiger partial charge in [-0.2, -0.15) is 0 Å². The van der Waals surface area contributed by atoms with E-state index < -0.39 is 0 Å². The number of anilines is 2. The molecule has 142 valence electrons. The zero-order valence-electron chi connectivity index (χ0n) is 15.8. The van der Waals surface area contributed by atoms with Crippen LogP contribution in [0.1, 0.15) is 31.3 Å².